The van der Waals surface area contributed by atoms with Gasteiger partial charge in [0.25, 0.3) is 0 Å². The van der Waals surface area contributed by atoms with E-state index in [1.165, 1.54) is 24.4 Å². The molecule has 2 aliphatic heterocycles. The first-order valence-electron chi connectivity index (χ1n) is 7.80. The number of likely N-dealkylation sites (tertiary alicyclic amines) is 1. The molecular formula is C14H23N5OS. The topological polar surface area (TPSA) is 70.2 Å². The number of carbonyl (C=O) groups is 1. The number of carbonyl (C=O) groups excluding carboxylic acids is 1. The van der Waals surface area contributed by atoms with Gasteiger partial charge in [-0.05, 0) is 56.2 Å². The highest BCUT2D eigenvalue weighted by molar-refractivity contribution is 7.03. The molecule has 2 saturated heterocycles. The molecule has 1 aromatic heterocycles. The van der Waals surface area contributed by atoms with Gasteiger partial charge in [-0.25, -0.2) is 0 Å². The number of rotatable bonds is 5. The first-order chi connectivity index (χ1) is 10.3. The van der Waals surface area contributed by atoms with Gasteiger partial charge in [0, 0.05) is 25.0 Å². The summed E-state index contributed by atoms with van der Waals surface area (Å²) in [5.74, 6) is 0.726. The van der Waals surface area contributed by atoms with Crippen LogP contribution in [-0.4, -0.2) is 52.6 Å². The molecule has 21 heavy (non-hydrogen) atoms. The van der Waals surface area contributed by atoms with E-state index < -0.39 is 0 Å². The highest BCUT2D eigenvalue weighted by atomic mass is 32.1. The smallest absolute Gasteiger partial charge is 0.237 e. The molecule has 3 heterocycles. The second-order valence-electron chi connectivity index (χ2n) is 6.03. The van der Waals surface area contributed by atoms with Gasteiger partial charge in [0.15, 0.2) is 0 Å². The molecule has 0 bridgehead atoms. The molecule has 1 amide bonds. The summed E-state index contributed by atoms with van der Waals surface area (Å²) in [5, 5.41) is 12.5. The van der Waals surface area contributed by atoms with Crippen LogP contribution in [0.5, 0.6) is 0 Å². The lowest BCUT2D eigenvalue weighted by molar-refractivity contribution is -0.123. The Kier molecular flexibility index (Phi) is 5.16. The van der Waals surface area contributed by atoms with Crippen LogP contribution in [0.2, 0.25) is 0 Å². The number of nitrogens with zero attached hydrogens (tertiary/aromatic N) is 3. The van der Waals surface area contributed by atoms with E-state index in [1.54, 1.807) is 0 Å². The second kappa shape index (κ2) is 7.29. The number of nitrogens with one attached hydrogen (secondary N) is 2. The van der Waals surface area contributed by atoms with Crippen molar-refractivity contribution >= 4 is 17.4 Å². The molecule has 6 nitrogen and oxygen atoms in total. The van der Waals surface area contributed by atoms with Crippen molar-refractivity contribution in [3.05, 3.63) is 11.1 Å². The number of hydrogen-bond donors (Lipinski definition) is 2. The lowest BCUT2D eigenvalue weighted by Crippen LogP contribution is -2.45. The molecule has 2 fully saturated rings. The Labute approximate surface area is 129 Å². The van der Waals surface area contributed by atoms with Gasteiger partial charge < -0.3 is 10.6 Å². The molecular weight excluding hydrogens is 286 g/mol. The largest absolute Gasteiger partial charge is 0.354 e. The van der Waals surface area contributed by atoms with Gasteiger partial charge in [-0.2, -0.15) is 0 Å². The SMILES string of the molecule is O=C(NCC1CCCN(Cc2csnn2)C1)C1CCCN1. The summed E-state index contributed by atoms with van der Waals surface area (Å²) in [4.78, 5) is 14.4. The molecule has 2 aliphatic rings. The summed E-state index contributed by atoms with van der Waals surface area (Å²) in [5.41, 5.74) is 1.06. The lowest BCUT2D eigenvalue weighted by Gasteiger charge is -2.32. The van der Waals surface area contributed by atoms with Crippen LogP contribution in [0.15, 0.2) is 5.38 Å². The van der Waals surface area contributed by atoms with E-state index in [4.69, 9.17) is 0 Å². The van der Waals surface area contributed by atoms with Crippen molar-refractivity contribution < 1.29 is 4.79 Å². The fraction of sp³-hybridized carbons (Fsp3) is 0.786. The molecule has 0 aromatic carbocycles. The molecule has 0 spiro atoms. The maximum atomic E-state index is 12.0. The number of aromatic nitrogens is 2. The predicted octanol–water partition coefficient (Wildman–Crippen LogP) is 0.618. The van der Waals surface area contributed by atoms with E-state index in [2.05, 4.69) is 25.1 Å². The van der Waals surface area contributed by atoms with Gasteiger partial charge in [0.1, 0.15) is 0 Å². The molecule has 2 unspecified atom stereocenters. The molecule has 0 aliphatic carbocycles. The van der Waals surface area contributed by atoms with Crippen molar-refractivity contribution in [2.24, 2.45) is 5.92 Å². The van der Waals surface area contributed by atoms with Gasteiger partial charge >= 0.3 is 0 Å². The zero-order chi connectivity index (χ0) is 14.5. The Morgan fingerprint density at radius 1 is 1.48 bits per heavy atom. The molecule has 0 radical (unpaired) electrons. The fourth-order valence-corrected chi connectivity index (χ4v) is 3.66. The van der Waals surface area contributed by atoms with Crippen LogP contribution in [0.3, 0.4) is 0 Å². The zero-order valence-electron chi connectivity index (χ0n) is 12.3. The number of piperidine rings is 1. The van der Waals surface area contributed by atoms with E-state index in [-0.39, 0.29) is 11.9 Å². The predicted molar refractivity (Wildman–Crippen MR) is 81.9 cm³/mol. The Morgan fingerprint density at radius 3 is 3.19 bits per heavy atom. The summed E-state index contributed by atoms with van der Waals surface area (Å²) >= 11 is 1.41. The van der Waals surface area contributed by atoms with Gasteiger partial charge in [-0.15, -0.1) is 5.10 Å². The summed E-state index contributed by atoms with van der Waals surface area (Å²) < 4.78 is 3.91. The third-order valence-electron chi connectivity index (χ3n) is 4.34. The van der Waals surface area contributed by atoms with Crippen molar-refractivity contribution in [1.29, 1.82) is 0 Å². The summed E-state index contributed by atoms with van der Waals surface area (Å²) in [6.45, 7) is 4.80. The monoisotopic (exact) mass is 309 g/mol. The van der Waals surface area contributed by atoms with E-state index >= 15 is 0 Å². The molecule has 1 aromatic rings. The minimum Gasteiger partial charge on any atom is -0.354 e. The van der Waals surface area contributed by atoms with Crippen molar-refractivity contribution in [2.45, 2.75) is 38.3 Å². The quantitative estimate of drug-likeness (QED) is 0.834. The van der Waals surface area contributed by atoms with Crippen LogP contribution >= 0.6 is 11.5 Å². The van der Waals surface area contributed by atoms with Crippen LogP contribution in [0.25, 0.3) is 0 Å². The third-order valence-corrected chi connectivity index (χ3v) is 4.89. The minimum absolute atomic E-state index is 0.0331. The average molecular weight is 309 g/mol. The Morgan fingerprint density at radius 2 is 2.43 bits per heavy atom. The number of hydrogen-bond acceptors (Lipinski definition) is 6. The van der Waals surface area contributed by atoms with Gasteiger partial charge in [-0.3, -0.25) is 9.69 Å². The molecule has 2 atom stereocenters. The van der Waals surface area contributed by atoms with Gasteiger partial charge in [0.2, 0.25) is 5.91 Å². The number of amides is 1. The first-order valence-corrected chi connectivity index (χ1v) is 8.64. The standard InChI is InChI=1S/C14H23N5OS/c20-14(13-4-1-5-15-13)16-7-11-3-2-6-19(8-11)9-12-10-21-18-17-12/h10-11,13,15H,1-9H2,(H,16,20). The van der Waals surface area contributed by atoms with E-state index in [0.717, 1.165) is 51.3 Å². The van der Waals surface area contributed by atoms with Crippen molar-refractivity contribution in [3.63, 3.8) is 0 Å². The van der Waals surface area contributed by atoms with Crippen LogP contribution in [-0.2, 0) is 11.3 Å². The van der Waals surface area contributed by atoms with Crippen LogP contribution in [0.1, 0.15) is 31.4 Å². The minimum atomic E-state index is 0.0331. The Bertz CT molecular complexity index is 446. The second-order valence-corrected chi connectivity index (χ2v) is 6.64. The fourth-order valence-electron chi connectivity index (χ4n) is 3.22. The van der Waals surface area contributed by atoms with Crippen molar-refractivity contribution in [2.75, 3.05) is 26.2 Å². The first kappa shape index (κ1) is 14.9. The van der Waals surface area contributed by atoms with E-state index in [1.807, 2.05) is 5.38 Å². The lowest BCUT2D eigenvalue weighted by atomic mass is 9.97. The zero-order valence-corrected chi connectivity index (χ0v) is 13.1. The summed E-state index contributed by atoms with van der Waals surface area (Å²) in [7, 11) is 0. The maximum absolute atomic E-state index is 12.0. The van der Waals surface area contributed by atoms with Crippen LogP contribution in [0.4, 0.5) is 0 Å². The molecule has 116 valence electrons. The van der Waals surface area contributed by atoms with E-state index in [9.17, 15) is 4.79 Å². The normalized spacial score (nSPS) is 26.9. The summed E-state index contributed by atoms with van der Waals surface area (Å²) in [6, 6.07) is 0.0331. The van der Waals surface area contributed by atoms with Crippen LogP contribution < -0.4 is 10.6 Å². The highest BCUT2D eigenvalue weighted by Crippen LogP contribution is 2.18. The highest BCUT2D eigenvalue weighted by Gasteiger charge is 2.24. The average Bonchev–Trinajstić information content (AvgIpc) is 3.18. The third kappa shape index (κ3) is 4.21. The van der Waals surface area contributed by atoms with Crippen LogP contribution in [0, 0.1) is 5.92 Å². The molecule has 2 N–H and O–H groups in total. The molecule has 7 heteroatoms. The Hall–Kier alpha value is -1.05. The summed E-state index contributed by atoms with van der Waals surface area (Å²) in [6.07, 6.45) is 4.47. The Balaban J connectivity index is 1.42. The van der Waals surface area contributed by atoms with Crippen molar-refractivity contribution in [1.82, 2.24) is 25.1 Å². The maximum Gasteiger partial charge on any atom is 0.237 e. The van der Waals surface area contributed by atoms with Gasteiger partial charge in [0.05, 0.1) is 11.7 Å². The molecule has 0 saturated carbocycles. The van der Waals surface area contributed by atoms with Gasteiger partial charge in [-0.1, -0.05) is 4.49 Å². The molecule has 3 rings (SSSR count). The van der Waals surface area contributed by atoms with Crippen molar-refractivity contribution in [3.8, 4) is 0 Å². The van der Waals surface area contributed by atoms with E-state index in [0.29, 0.717) is 5.92 Å².